The topological polar surface area (TPSA) is 67.2 Å². The molecule has 0 radical (unpaired) electrons. The Morgan fingerprint density at radius 2 is 2.17 bits per heavy atom. The van der Waals surface area contributed by atoms with Crippen molar-refractivity contribution in [2.24, 2.45) is 13.0 Å². The van der Waals surface area contributed by atoms with Gasteiger partial charge in [-0.2, -0.15) is 5.10 Å². The van der Waals surface area contributed by atoms with Crippen molar-refractivity contribution < 1.29 is 9.90 Å². The number of carbonyl (C=O) groups is 1. The molecule has 0 amide bonds. The van der Waals surface area contributed by atoms with Gasteiger partial charge in [-0.1, -0.05) is 24.3 Å². The summed E-state index contributed by atoms with van der Waals surface area (Å²) >= 11 is 0. The second-order valence-corrected chi connectivity index (χ2v) is 6.35. The molecule has 3 rings (SSSR count). The van der Waals surface area contributed by atoms with E-state index in [0.29, 0.717) is 18.4 Å². The zero-order chi connectivity index (χ0) is 16.2. The summed E-state index contributed by atoms with van der Waals surface area (Å²) in [5, 5.41) is 16.8. The van der Waals surface area contributed by atoms with Crippen LogP contribution in [-0.4, -0.2) is 26.9 Å². The Morgan fingerprint density at radius 3 is 2.91 bits per heavy atom. The summed E-state index contributed by atoms with van der Waals surface area (Å²) in [6, 6.07) is 10.8. The largest absolute Gasteiger partial charge is 0.481 e. The molecule has 0 bridgehead atoms. The van der Waals surface area contributed by atoms with Crippen molar-refractivity contribution in [2.75, 3.05) is 0 Å². The number of nitrogens with zero attached hydrogens (tertiary/aromatic N) is 2. The van der Waals surface area contributed by atoms with Gasteiger partial charge in [0, 0.05) is 37.8 Å². The van der Waals surface area contributed by atoms with Gasteiger partial charge >= 0.3 is 5.97 Å². The van der Waals surface area contributed by atoms with Gasteiger partial charge in [-0.3, -0.25) is 9.48 Å². The van der Waals surface area contributed by atoms with Gasteiger partial charge in [0.15, 0.2) is 0 Å². The number of benzene rings is 1. The van der Waals surface area contributed by atoms with Crippen LogP contribution in [0.1, 0.15) is 31.2 Å². The third-order valence-corrected chi connectivity index (χ3v) is 4.70. The number of nitrogens with one attached hydrogen (secondary N) is 1. The van der Waals surface area contributed by atoms with Crippen LogP contribution in [0, 0.1) is 5.92 Å². The molecule has 2 atom stereocenters. The zero-order valence-electron chi connectivity index (χ0n) is 13.4. The van der Waals surface area contributed by atoms with Crippen molar-refractivity contribution in [2.45, 2.75) is 38.3 Å². The van der Waals surface area contributed by atoms with Crippen LogP contribution in [-0.2, 0) is 18.4 Å². The first kappa shape index (κ1) is 15.7. The van der Waals surface area contributed by atoms with E-state index in [1.165, 1.54) is 11.1 Å². The van der Waals surface area contributed by atoms with Gasteiger partial charge in [0.2, 0.25) is 0 Å². The summed E-state index contributed by atoms with van der Waals surface area (Å²) in [6.07, 6.45) is 5.14. The molecule has 1 saturated carbocycles. The van der Waals surface area contributed by atoms with E-state index in [-0.39, 0.29) is 0 Å². The monoisotopic (exact) mass is 313 g/mol. The quantitative estimate of drug-likeness (QED) is 0.860. The molecule has 0 saturated heterocycles. The number of carboxylic acid groups (broad SMARTS) is 1. The minimum Gasteiger partial charge on any atom is -0.481 e. The zero-order valence-corrected chi connectivity index (χ0v) is 13.4. The molecule has 122 valence electrons. The third kappa shape index (κ3) is 3.79. The van der Waals surface area contributed by atoms with Gasteiger partial charge in [0.25, 0.3) is 0 Å². The predicted octanol–water partition coefficient (Wildman–Crippen LogP) is 2.82. The van der Waals surface area contributed by atoms with E-state index < -0.39 is 5.97 Å². The number of rotatable bonds is 6. The Kier molecular flexibility index (Phi) is 4.76. The summed E-state index contributed by atoms with van der Waals surface area (Å²) in [5.41, 5.74) is 3.55. The van der Waals surface area contributed by atoms with Crippen LogP contribution in [0.5, 0.6) is 0 Å². The van der Waals surface area contributed by atoms with Crippen molar-refractivity contribution in [1.29, 1.82) is 0 Å². The second kappa shape index (κ2) is 6.96. The minimum absolute atomic E-state index is 0.295. The smallest absolute Gasteiger partial charge is 0.303 e. The Morgan fingerprint density at radius 1 is 1.35 bits per heavy atom. The van der Waals surface area contributed by atoms with Crippen LogP contribution in [0.3, 0.4) is 0 Å². The molecule has 0 aliphatic heterocycles. The number of aryl methyl sites for hydroxylation is 1. The normalized spacial score (nSPS) is 20.7. The molecule has 1 aromatic heterocycles. The number of aromatic nitrogens is 2. The van der Waals surface area contributed by atoms with Crippen LogP contribution in [0.15, 0.2) is 36.5 Å². The molecular weight excluding hydrogens is 290 g/mol. The van der Waals surface area contributed by atoms with Gasteiger partial charge in [-0.15, -0.1) is 0 Å². The highest BCUT2D eigenvalue weighted by molar-refractivity contribution is 5.67. The van der Waals surface area contributed by atoms with Gasteiger partial charge in [-0.05, 0) is 36.8 Å². The fourth-order valence-corrected chi connectivity index (χ4v) is 3.51. The Hall–Kier alpha value is -2.14. The van der Waals surface area contributed by atoms with Gasteiger partial charge in [0.1, 0.15) is 0 Å². The summed E-state index contributed by atoms with van der Waals surface area (Å²) in [7, 11) is 1.95. The maximum absolute atomic E-state index is 10.8. The molecule has 0 unspecified atom stereocenters. The first-order chi connectivity index (χ1) is 11.1. The lowest BCUT2D eigenvalue weighted by molar-refractivity contribution is -0.138. The lowest BCUT2D eigenvalue weighted by atomic mass is 10.0. The molecule has 0 spiro atoms. The standard InChI is InChI=1S/C18H23N3O2/c1-21-17(8-9-20-21)16-5-3-2-4-14(16)12-19-15-7-6-13(10-15)11-18(22)23/h2-5,8-9,13,15,19H,6-7,10-12H2,1H3,(H,22,23)/t13-,15+/m0/s1. The van der Waals surface area contributed by atoms with E-state index in [2.05, 4.69) is 28.6 Å². The molecular formula is C18H23N3O2. The van der Waals surface area contributed by atoms with Crippen LogP contribution < -0.4 is 5.32 Å². The molecule has 1 aromatic carbocycles. The maximum Gasteiger partial charge on any atom is 0.303 e. The summed E-state index contributed by atoms with van der Waals surface area (Å²) in [5.74, 6) is -0.366. The van der Waals surface area contributed by atoms with Gasteiger partial charge in [0.05, 0.1) is 5.69 Å². The molecule has 5 heteroatoms. The molecule has 1 aliphatic carbocycles. The molecule has 5 nitrogen and oxygen atoms in total. The number of hydrogen-bond acceptors (Lipinski definition) is 3. The lowest BCUT2D eigenvalue weighted by Gasteiger charge is -2.15. The van der Waals surface area contributed by atoms with E-state index in [1.54, 1.807) is 0 Å². The molecule has 1 aliphatic rings. The molecule has 2 N–H and O–H groups in total. The van der Waals surface area contributed by atoms with Crippen LogP contribution in [0.25, 0.3) is 11.3 Å². The summed E-state index contributed by atoms with van der Waals surface area (Å²) < 4.78 is 1.89. The molecule has 1 heterocycles. The van der Waals surface area contributed by atoms with Gasteiger partial charge in [-0.25, -0.2) is 0 Å². The second-order valence-electron chi connectivity index (χ2n) is 6.35. The minimum atomic E-state index is -0.683. The Labute approximate surface area is 136 Å². The van der Waals surface area contributed by atoms with Crippen LogP contribution in [0.2, 0.25) is 0 Å². The SMILES string of the molecule is Cn1nccc1-c1ccccc1CN[C@@H]1CC[C@H](CC(=O)O)C1. The van der Waals surface area contributed by atoms with E-state index in [0.717, 1.165) is 31.5 Å². The average Bonchev–Trinajstić information content (AvgIpc) is 3.14. The number of hydrogen-bond donors (Lipinski definition) is 2. The van der Waals surface area contributed by atoms with Crippen molar-refractivity contribution >= 4 is 5.97 Å². The van der Waals surface area contributed by atoms with Gasteiger partial charge < -0.3 is 10.4 Å². The fraction of sp³-hybridized carbons (Fsp3) is 0.444. The van der Waals surface area contributed by atoms with Crippen molar-refractivity contribution in [3.8, 4) is 11.3 Å². The highest BCUT2D eigenvalue weighted by Crippen LogP contribution is 2.29. The Balaban J connectivity index is 1.64. The van der Waals surface area contributed by atoms with Crippen LogP contribution in [0.4, 0.5) is 0 Å². The van der Waals surface area contributed by atoms with Crippen molar-refractivity contribution in [1.82, 2.24) is 15.1 Å². The van der Waals surface area contributed by atoms with E-state index in [4.69, 9.17) is 5.11 Å². The van der Waals surface area contributed by atoms with E-state index >= 15 is 0 Å². The first-order valence-electron chi connectivity index (χ1n) is 8.15. The van der Waals surface area contributed by atoms with E-state index in [1.807, 2.05) is 30.1 Å². The summed E-state index contributed by atoms with van der Waals surface area (Å²) in [6.45, 7) is 0.797. The van der Waals surface area contributed by atoms with Crippen molar-refractivity contribution in [3.05, 3.63) is 42.1 Å². The highest BCUT2D eigenvalue weighted by atomic mass is 16.4. The third-order valence-electron chi connectivity index (χ3n) is 4.70. The average molecular weight is 313 g/mol. The fourth-order valence-electron chi connectivity index (χ4n) is 3.51. The molecule has 1 fully saturated rings. The first-order valence-corrected chi connectivity index (χ1v) is 8.15. The Bertz CT molecular complexity index is 680. The van der Waals surface area contributed by atoms with E-state index in [9.17, 15) is 4.79 Å². The molecule has 2 aromatic rings. The number of aliphatic carboxylic acids is 1. The summed E-state index contributed by atoms with van der Waals surface area (Å²) in [4.78, 5) is 10.8. The maximum atomic E-state index is 10.8. The predicted molar refractivity (Wildman–Crippen MR) is 88.9 cm³/mol. The lowest BCUT2D eigenvalue weighted by Crippen LogP contribution is -2.26. The highest BCUT2D eigenvalue weighted by Gasteiger charge is 2.26. The van der Waals surface area contributed by atoms with Crippen molar-refractivity contribution in [3.63, 3.8) is 0 Å². The number of carboxylic acids is 1. The van der Waals surface area contributed by atoms with Crippen LogP contribution >= 0.6 is 0 Å². The molecule has 23 heavy (non-hydrogen) atoms.